The molecule has 0 aromatic heterocycles. The number of fused-ring (bicyclic) bond motifs is 1. The standard InChI is InChI=1S/C16H22O2.C15H24FN.C9H12O.C3H6O/c1-4-6-12(3)9-13(5-2)14-7-8-15-16(10-14)18-11-17-15;1-5-7-13(8-6-2)17(4)14-9-10-15(16)12(3)11-14;1-8-5-3-4-6-9(8)7-10-2;1-2-3-4/h4,7-8,10,12-13H,1,5-6,9,11H2,2-3H3;9-11,13H,5-8H2,1-4H3;3-6H,7H2,1-2H3;3H,2H2,1H3/t12-,13?;;;/m0.../s1. The number of halogens is 1. The van der Waals surface area contributed by atoms with Gasteiger partial charge < -0.3 is 23.9 Å². The smallest absolute Gasteiger partial charge is 0.231 e. The molecule has 3 aromatic rings. The van der Waals surface area contributed by atoms with E-state index in [2.05, 4.69) is 77.4 Å². The van der Waals surface area contributed by atoms with Gasteiger partial charge in [-0.15, -0.1) is 6.58 Å². The van der Waals surface area contributed by atoms with Crippen molar-refractivity contribution in [3.8, 4) is 11.5 Å². The minimum absolute atomic E-state index is 0.121. The van der Waals surface area contributed by atoms with Crippen LogP contribution in [0.1, 0.15) is 114 Å². The lowest BCUT2D eigenvalue weighted by molar-refractivity contribution is -0.107. The number of nitrogens with zero attached hydrogens (tertiary/aromatic N) is 1. The zero-order valence-electron chi connectivity index (χ0n) is 31.9. The molecule has 5 nitrogen and oxygen atoms in total. The third-order valence-electron chi connectivity index (χ3n) is 8.68. The highest BCUT2D eigenvalue weighted by Gasteiger charge is 2.18. The molecule has 0 N–H and O–H groups in total. The third-order valence-corrected chi connectivity index (χ3v) is 8.68. The Labute approximate surface area is 297 Å². The summed E-state index contributed by atoms with van der Waals surface area (Å²) in [5.74, 6) is 2.91. The molecule has 1 unspecified atom stereocenters. The normalized spacial score (nSPS) is 12.3. The zero-order valence-corrected chi connectivity index (χ0v) is 31.9. The molecule has 0 saturated carbocycles. The number of allylic oxidation sites excluding steroid dienone is 1. The van der Waals surface area contributed by atoms with Crippen LogP contribution in [0.2, 0.25) is 0 Å². The number of methoxy groups -OCH3 is 1. The number of aldehydes is 1. The molecule has 4 rings (SSSR count). The van der Waals surface area contributed by atoms with Gasteiger partial charge in [0.2, 0.25) is 6.79 Å². The first-order valence-corrected chi connectivity index (χ1v) is 18.1. The summed E-state index contributed by atoms with van der Waals surface area (Å²) in [6.07, 6.45) is 11.7. The summed E-state index contributed by atoms with van der Waals surface area (Å²) in [7, 11) is 3.83. The minimum atomic E-state index is -0.121. The lowest BCUT2D eigenvalue weighted by Gasteiger charge is -2.30. The maximum absolute atomic E-state index is 13.2. The van der Waals surface area contributed by atoms with E-state index in [-0.39, 0.29) is 5.82 Å². The summed E-state index contributed by atoms with van der Waals surface area (Å²) in [5, 5.41) is 0. The van der Waals surface area contributed by atoms with Crippen LogP contribution in [0.5, 0.6) is 11.5 Å². The Kier molecular flexibility index (Phi) is 22.4. The minimum Gasteiger partial charge on any atom is -0.454 e. The van der Waals surface area contributed by atoms with E-state index in [1.165, 1.54) is 48.8 Å². The maximum Gasteiger partial charge on any atom is 0.231 e. The monoisotopic (exact) mass is 677 g/mol. The Morgan fingerprint density at radius 3 is 2.14 bits per heavy atom. The number of hydrogen-bond donors (Lipinski definition) is 0. The Morgan fingerprint density at radius 1 is 0.939 bits per heavy atom. The van der Waals surface area contributed by atoms with Crippen LogP contribution < -0.4 is 14.4 Å². The lowest BCUT2D eigenvalue weighted by atomic mass is 9.86. The van der Waals surface area contributed by atoms with Crippen LogP contribution in [0.3, 0.4) is 0 Å². The Hall–Kier alpha value is -3.64. The van der Waals surface area contributed by atoms with Crippen LogP contribution in [0.15, 0.2) is 73.3 Å². The van der Waals surface area contributed by atoms with Gasteiger partial charge in [-0.2, -0.15) is 0 Å². The van der Waals surface area contributed by atoms with Gasteiger partial charge in [0.25, 0.3) is 0 Å². The molecule has 3 aromatic carbocycles. The van der Waals surface area contributed by atoms with E-state index in [0.717, 1.165) is 41.9 Å². The average Bonchev–Trinajstić information content (AvgIpc) is 3.58. The molecule has 1 aliphatic rings. The summed E-state index contributed by atoms with van der Waals surface area (Å²) >= 11 is 0. The fourth-order valence-electron chi connectivity index (χ4n) is 5.76. The van der Waals surface area contributed by atoms with Gasteiger partial charge >= 0.3 is 0 Å². The summed E-state index contributed by atoms with van der Waals surface area (Å²) < 4.78 is 29.0. The number of benzene rings is 3. The second kappa shape index (κ2) is 25.3. The van der Waals surface area contributed by atoms with E-state index in [1.807, 2.05) is 50.3 Å². The molecule has 0 bridgehead atoms. The van der Waals surface area contributed by atoms with E-state index < -0.39 is 0 Å². The third kappa shape index (κ3) is 16.1. The number of carbonyl (C=O) groups is 1. The zero-order chi connectivity index (χ0) is 36.6. The van der Waals surface area contributed by atoms with Crippen LogP contribution in [-0.4, -0.2) is 33.3 Å². The highest BCUT2D eigenvalue weighted by atomic mass is 19.1. The Balaban J connectivity index is 0.000000359. The van der Waals surface area contributed by atoms with Crippen molar-refractivity contribution in [2.75, 3.05) is 25.9 Å². The molecule has 0 amide bonds. The van der Waals surface area contributed by atoms with E-state index in [0.29, 0.717) is 37.7 Å². The Bertz CT molecular complexity index is 1340. The SMILES string of the molecule is C=CC[C@H](C)CC(CC)c1ccc2c(c1)OCO2.CCC=O.CCCC(CCC)N(C)c1ccc(F)c(C)c1.COCc1ccccc1C. The Morgan fingerprint density at radius 2 is 1.59 bits per heavy atom. The molecule has 0 radical (unpaired) electrons. The molecule has 2 atom stereocenters. The van der Waals surface area contributed by atoms with Crippen molar-refractivity contribution in [3.63, 3.8) is 0 Å². The molecule has 6 heteroatoms. The van der Waals surface area contributed by atoms with Gasteiger partial charge in [-0.05, 0) is 110 Å². The molecular formula is C43H64FNO4. The van der Waals surface area contributed by atoms with Crippen molar-refractivity contribution < 1.29 is 23.4 Å². The van der Waals surface area contributed by atoms with Crippen LogP contribution >= 0.6 is 0 Å². The largest absolute Gasteiger partial charge is 0.454 e. The number of rotatable bonds is 15. The molecule has 0 aliphatic carbocycles. The number of aryl methyl sites for hydroxylation is 2. The van der Waals surface area contributed by atoms with Crippen molar-refractivity contribution in [1.29, 1.82) is 0 Å². The predicted octanol–water partition coefficient (Wildman–Crippen LogP) is 11.8. The van der Waals surface area contributed by atoms with Gasteiger partial charge in [0.05, 0.1) is 6.61 Å². The van der Waals surface area contributed by atoms with Crippen molar-refractivity contribution in [2.24, 2.45) is 5.92 Å². The van der Waals surface area contributed by atoms with Crippen molar-refractivity contribution in [3.05, 3.63) is 101 Å². The number of ether oxygens (including phenoxy) is 3. The molecule has 1 heterocycles. The van der Waals surface area contributed by atoms with Gasteiger partial charge in [0.15, 0.2) is 11.5 Å². The van der Waals surface area contributed by atoms with Crippen molar-refractivity contribution >= 4 is 12.0 Å². The number of carbonyl (C=O) groups excluding carboxylic acids is 1. The first-order chi connectivity index (χ1) is 23.6. The van der Waals surface area contributed by atoms with Crippen LogP contribution in [0.4, 0.5) is 10.1 Å². The molecule has 0 fully saturated rings. The first-order valence-electron chi connectivity index (χ1n) is 18.1. The highest BCUT2D eigenvalue weighted by Crippen LogP contribution is 2.37. The summed E-state index contributed by atoms with van der Waals surface area (Å²) in [6, 6.07) is 20.5. The van der Waals surface area contributed by atoms with E-state index in [9.17, 15) is 9.18 Å². The molecule has 49 heavy (non-hydrogen) atoms. The van der Waals surface area contributed by atoms with Crippen LogP contribution in [-0.2, 0) is 16.1 Å². The summed E-state index contributed by atoms with van der Waals surface area (Å²) in [6.45, 7) is 19.6. The van der Waals surface area contributed by atoms with Crippen molar-refractivity contribution in [1.82, 2.24) is 0 Å². The van der Waals surface area contributed by atoms with Crippen LogP contribution in [0.25, 0.3) is 0 Å². The summed E-state index contributed by atoms with van der Waals surface area (Å²) in [4.78, 5) is 11.5. The van der Waals surface area contributed by atoms with Gasteiger partial charge in [-0.25, -0.2) is 4.39 Å². The van der Waals surface area contributed by atoms with E-state index in [4.69, 9.17) is 14.2 Å². The molecule has 1 aliphatic heterocycles. The molecular weight excluding hydrogens is 613 g/mol. The van der Waals surface area contributed by atoms with Gasteiger partial charge in [-0.3, -0.25) is 0 Å². The van der Waals surface area contributed by atoms with Gasteiger partial charge in [0, 0.05) is 32.3 Å². The molecule has 0 saturated heterocycles. The van der Waals surface area contributed by atoms with Crippen LogP contribution in [0, 0.1) is 25.6 Å². The van der Waals surface area contributed by atoms with Gasteiger partial charge in [-0.1, -0.05) is 83.9 Å². The molecule has 272 valence electrons. The fourth-order valence-corrected chi connectivity index (χ4v) is 5.76. The van der Waals surface area contributed by atoms with Gasteiger partial charge in [0.1, 0.15) is 12.1 Å². The lowest BCUT2D eigenvalue weighted by Crippen LogP contribution is -2.31. The highest BCUT2D eigenvalue weighted by molar-refractivity contribution is 5.49. The number of hydrogen-bond acceptors (Lipinski definition) is 5. The summed E-state index contributed by atoms with van der Waals surface area (Å²) in [5.41, 5.74) is 5.77. The topological polar surface area (TPSA) is 48.0 Å². The quantitative estimate of drug-likeness (QED) is 0.118. The predicted molar refractivity (Wildman–Crippen MR) is 206 cm³/mol. The molecule has 0 spiro atoms. The van der Waals surface area contributed by atoms with Crippen molar-refractivity contribution in [2.45, 2.75) is 118 Å². The first kappa shape index (κ1) is 43.4. The average molecular weight is 678 g/mol. The maximum atomic E-state index is 13.2. The van der Waals surface area contributed by atoms with E-state index >= 15 is 0 Å². The second-order valence-corrected chi connectivity index (χ2v) is 12.8. The van der Waals surface area contributed by atoms with E-state index in [1.54, 1.807) is 13.2 Å². The fraction of sp³-hybridized carbons (Fsp3) is 0.512. The number of anilines is 1. The second-order valence-electron chi connectivity index (χ2n) is 12.8.